The number of nitrogens with zero attached hydrogens (tertiary/aromatic N) is 1. The Kier molecular flexibility index (Phi) is 3.35. The monoisotopic (exact) mass is 186 g/mol. The SMILES string of the molecule is N=C1NC(=O)/C(=N\COCCO)N1. The maximum absolute atomic E-state index is 10.9. The fourth-order valence-corrected chi connectivity index (χ4v) is 0.730. The summed E-state index contributed by atoms with van der Waals surface area (Å²) in [5.41, 5.74) is 0. The smallest absolute Gasteiger partial charge is 0.293 e. The number of ether oxygens (including phenoxy) is 1. The molecule has 1 saturated heterocycles. The minimum atomic E-state index is -0.447. The van der Waals surface area contributed by atoms with Crippen molar-refractivity contribution in [1.29, 1.82) is 5.41 Å². The molecule has 0 aromatic rings. The number of guanidine groups is 1. The van der Waals surface area contributed by atoms with Crippen molar-refractivity contribution in [3.05, 3.63) is 0 Å². The Morgan fingerprint density at radius 2 is 2.31 bits per heavy atom. The fourth-order valence-electron chi connectivity index (χ4n) is 0.730. The third kappa shape index (κ3) is 2.80. The Balaban J connectivity index is 2.34. The molecule has 0 aromatic carbocycles. The molecule has 0 unspecified atom stereocenters. The number of aliphatic hydroxyl groups is 1. The van der Waals surface area contributed by atoms with Crippen LogP contribution in [-0.4, -0.2) is 42.8 Å². The predicted molar refractivity (Wildman–Crippen MR) is 44.3 cm³/mol. The molecule has 7 nitrogen and oxygen atoms in total. The van der Waals surface area contributed by atoms with Crippen LogP contribution in [-0.2, 0) is 9.53 Å². The van der Waals surface area contributed by atoms with E-state index in [0.717, 1.165) is 0 Å². The molecular weight excluding hydrogens is 176 g/mol. The van der Waals surface area contributed by atoms with Crippen LogP contribution >= 0.6 is 0 Å². The second kappa shape index (κ2) is 4.53. The lowest BCUT2D eigenvalue weighted by Crippen LogP contribution is -2.23. The quantitative estimate of drug-likeness (QED) is 0.381. The summed E-state index contributed by atoms with van der Waals surface area (Å²) >= 11 is 0. The second-order valence-electron chi connectivity index (χ2n) is 2.22. The van der Waals surface area contributed by atoms with Crippen LogP contribution in [0.3, 0.4) is 0 Å². The van der Waals surface area contributed by atoms with Crippen molar-refractivity contribution in [3.63, 3.8) is 0 Å². The standard InChI is InChI=1S/C6H10N4O3/c7-6-9-4(5(12)10-6)8-3-13-2-1-11/h11H,1-3H2,(H3,7,8,9,10,12). The van der Waals surface area contributed by atoms with E-state index >= 15 is 0 Å². The zero-order chi connectivity index (χ0) is 9.68. The van der Waals surface area contributed by atoms with E-state index in [1.807, 2.05) is 0 Å². The lowest BCUT2D eigenvalue weighted by Gasteiger charge is -1.96. The van der Waals surface area contributed by atoms with Crippen LogP contribution in [0.25, 0.3) is 0 Å². The number of aliphatic hydroxyl groups excluding tert-OH is 1. The van der Waals surface area contributed by atoms with E-state index in [4.69, 9.17) is 15.3 Å². The average molecular weight is 186 g/mol. The first-order chi connectivity index (χ1) is 6.24. The summed E-state index contributed by atoms with van der Waals surface area (Å²) in [5, 5.41) is 20.0. The van der Waals surface area contributed by atoms with Gasteiger partial charge in [0, 0.05) is 0 Å². The van der Waals surface area contributed by atoms with Gasteiger partial charge in [-0.1, -0.05) is 0 Å². The number of carbonyl (C=O) groups is 1. The number of rotatable bonds is 4. The van der Waals surface area contributed by atoms with Gasteiger partial charge in [-0.25, -0.2) is 4.99 Å². The predicted octanol–water partition coefficient (Wildman–Crippen LogP) is -1.99. The first-order valence-corrected chi connectivity index (χ1v) is 3.64. The summed E-state index contributed by atoms with van der Waals surface area (Å²) in [6, 6.07) is 0. The van der Waals surface area contributed by atoms with Gasteiger partial charge in [-0.3, -0.25) is 15.5 Å². The van der Waals surface area contributed by atoms with Gasteiger partial charge in [0.25, 0.3) is 5.91 Å². The van der Waals surface area contributed by atoms with Crippen molar-refractivity contribution in [3.8, 4) is 0 Å². The first-order valence-electron chi connectivity index (χ1n) is 3.64. The van der Waals surface area contributed by atoms with E-state index < -0.39 is 5.91 Å². The Labute approximate surface area is 74.3 Å². The van der Waals surface area contributed by atoms with Crippen LogP contribution in [0.15, 0.2) is 4.99 Å². The highest BCUT2D eigenvalue weighted by atomic mass is 16.5. The molecule has 72 valence electrons. The van der Waals surface area contributed by atoms with Gasteiger partial charge in [-0.2, -0.15) is 0 Å². The molecule has 0 aliphatic carbocycles. The minimum Gasteiger partial charge on any atom is -0.394 e. The van der Waals surface area contributed by atoms with Gasteiger partial charge in [-0.15, -0.1) is 0 Å². The Bertz CT molecular complexity index is 250. The molecule has 1 aliphatic rings. The van der Waals surface area contributed by atoms with Crippen molar-refractivity contribution in [2.75, 3.05) is 19.9 Å². The van der Waals surface area contributed by atoms with Crippen molar-refractivity contribution in [2.24, 2.45) is 4.99 Å². The van der Waals surface area contributed by atoms with Gasteiger partial charge in [0.2, 0.25) is 5.96 Å². The van der Waals surface area contributed by atoms with Crippen molar-refractivity contribution in [1.82, 2.24) is 10.6 Å². The maximum atomic E-state index is 10.9. The van der Waals surface area contributed by atoms with Gasteiger partial charge < -0.3 is 15.2 Å². The molecule has 4 N–H and O–H groups in total. The number of nitrogens with one attached hydrogen (secondary N) is 3. The highest BCUT2D eigenvalue weighted by Crippen LogP contribution is 1.85. The highest BCUT2D eigenvalue weighted by molar-refractivity contribution is 6.47. The molecule has 7 heteroatoms. The average Bonchev–Trinajstić information content (AvgIpc) is 2.39. The van der Waals surface area contributed by atoms with Crippen molar-refractivity contribution in [2.45, 2.75) is 0 Å². The summed E-state index contributed by atoms with van der Waals surface area (Å²) in [6.45, 7) is 0.0831. The van der Waals surface area contributed by atoms with Crippen LogP contribution in [0.2, 0.25) is 0 Å². The molecule has 1 heterocycles. The van der Waals surface area contributed by atoms with Crippen molar-refractivity contribution < 1.29 is 14.6 Å². The summed E-state index contributed by atoms with van der Waals surface area (Å²) in [6.07, 6.45) is 0. The molecule has 0 bridgehead atoms. The van der Waals surface area contributed by atoms with Gasteiger partial charge in [0.1, 0.15) is 6.73 Å². The molecule has 0 saturated carbocycles. The first kappa shape index (κ1) is 9.62. The van der Waals surface area contributed by atoms with Gasteiger partial charge in [0.15, 0.2) is 5.84 Å². The lowest BCUT2D eigenvalue weighted by atomic mass is 10.6. The normalized spacial score (nSPS) is 19.0. The Morgan fingerprint density at radius 1 is 1.54 bits per heavy atom. The molecule has 0 spiro atoms. The van der Waals surface area contributed by atoms with E-state index in [9.17, 15) is 4.79 Å². The lowest BCUT2D eigenvalue weighted by molar-refractivity contribution is -0.113. The zero-order valence-corrected chi connectivity index (χ0v) is 6.83. The summed E-state index contributed by atoms with van der Waals surface area (Å²) in [7, 11) is 0. The molecule has 0 radical (unpaired) electrons. The molecule has 0 aromatic heterocycles. The number of aliphatic imine (C=N–C) groups is 1. The van der Waals surface area contributed by atoms with Gasteiger partial charge >= 0.3 is 0 Å². The topological polar surface area (TPSA) is 107 Å². The molecule has 1 aliphatic heterocycles. The molecule has 13 heavy (non-hydrogen) atoms. The molecule has 1 fully saturated rings. The van der Waals surface area contributed by atoms with Gasteiger partial charge in [-0.05, 0) is 0 Å². The minimum absolute atomic E-state index is 0.0103. The Hall–Kier alpha value is -1.47. The van der Waals surface area contributed by atoms with Gasteiger partial charge in [0.05, 0.1) is 13.2 Å². The van der Waals surface area contributed by atoms with Crippen LogP contribution in [0.1, 0.15) is 0 Å². The largest absolute Gasteiger partial charge is 0.394 e. The second-order valence-corrected chi connectivity index (χ2v) is 2.22. The fraction of sp³-hybridized carbons (Fsp3) is 0.500. The number of amidine groups is 1. The van der Waals surface area contributed by atoms with E-state index in [-0.39, 0.29) is 31.7 Å². The van der Waals surface area contributed by atoms with Crippen LogP contribution < -0.4 is 10.6 Å². The number of amides is 1. The van der Waals surface area contributed by atoms with E-state index in [1.54, 1.807) is 0 Å². The maximum Gasteiger partial charge on any atom is 0.293 e. The summed E-state index contributed by atoms with van der Waals surface area (Å²) in [4.78, 5) is 14.6. The van der Waals surface area contributed by atoms with Crippen LogP contribution in [0.4, 0.5) is 0 Å². The van der Waals surface area contributed by atoms with E-state index in [1.165, 1.54) is 0 Å². The molecule has 1 rings (SSSR count). The molecular formula is C6H10N4O3. The van der Waals surface area contributed by atoms with Crippen molar-refractivity contribution >= 4 is 17.7 Å². The van der Waals surface area contributed by atoms with Crippen LogP contribution in [0, 0.1) is 5.41 Å². The number of hydrogen-bond donors (Lipinski definition) is 4. The zero-order valence-electron chi connectivity index (χ0n) is 6.83. The number of hydrogen-bond acceptors (Lipinski definition) is 5. The highest BCUT2D eigenvalue weighted by Gasteiger charge is 2.21. The molecule has 1 amide bonds. The number of carbonyl (C=O) groups excluding carboxylic acids is 1. The third-order valence-corrected chi connectivity index (χ3v) is 1.25. The van der Waals surface area contributed by atoms with E-state index in [0.29, 0.717) is 0 Å². The third-order valence-electron chi connectivity index (χ3n) is 1.25. The summed E-state index contributed by atoms with van der Waals surface area (Å²) < 4.78 is 4.80. The Morgan fingerprint density at radius 3 is 2.85 bits per heavy atom. The van der Waals surface area contributed by atoms with E-state index in [2.05, 4.69) is 15.6 Å². The van der Waals surface area contributed by atoms with Crippen LogP contribution in [0.5, 0.6) is 0 Å². The summed E-state index contributed by atoms with van der Waals surface area (Å²) in [5.74, 6) is -0.480. The molecule has 0 atom stereocenters.